The quantitative estimate of drug-likeness (QED) is 0.613. The first kappa shape index (κ1) is 17.0. The van der Waals surface area contributed by atoms with Gasteiger partial charge in [-0.3, -0.25) is 9.88 Å². The molecule has 1 aliphatic rings. The lowest BCUT2D eigenvalue weighted by Gasteiger charge is -2.35. The summed E-state index contributed by atoms with van der Waals surface area (Å²) in [5.74, 6) is 1.29. The van der Waals surface area contributed by atoms with Crippen molar-refractivity contribution in [2.45, 2.75) is 6.54 Å². The zero-order valence-corrected chi connectivity index (χ0v) is 16.4. The van der Waals surface area contributed by atoms with Gasteiger partial charge in [0.15, 0.2) is 0 Å². The van der Waals surface area contributed by atoms with Crippen molar-refractivity contribution in [1.29, 1.82) is 0 Å². The molecule has 0 radical (unpaired) electrons. The van der Waals surface area contributed by atoms with E-state index < -0.39 is 0 Å². The number of halogens is 2. The Balaban J connectivity index is 1.36. The summed E-state index contributed by atoms with van der Waals surface area (Å²) in [4.78, 5) is 14.1. The third-order valence-corrected chi connectivity index (χ3v) is 6.06. The summed E-state index contributed by atoms with van der Waals surface area (Å²) >= 11 is 11.3. The SMILES string of the molecule is Clc1cnccc1N1CCN(Cc2nc(-c3cc(Br)cs3)no2)CC1. The van der Waals surface area contributed by atoms with Crippen molar-refractivity contribution in [3.05, 3.63) is 45.3 Å². The van der Waals surface area contributed by atoms with E-state index in [9.17, 15) is 0 Å². The Morgan fingerprint density at radius 3 is 2.84 bits per heavy atom. The molecule has 0 aromatic carbocycles. The van der Waals surface area contributed by atoms with Crippen LogP contribution < -0.4 is 4.90 Å². The Labute approximate surface area is 162 Å². The molecule has 0 spiro atoms. The van der Waals surface area contributed by atoms with Gasteiger partial charge in [-0.1, -0.05) is 16.8 Å². The summed E-state index contributed by atoms with van der Waals surface area (Å²) < 4.78 is 6.44. The normalized spacial score (nSPS) is 15.7. The summed E-state index contributed by atoms with van der Waals surface area (Å²) in [7, 11) is 0. The van der Waals surface area contributed by atoms with Gasteiger partial charge in [0.2, 0.25) is 11.7 Å². The number of thiophene rings is 1. The van der Waals surface area contributed by atoms with Gasteiger partial charge < -0.3 is 9.42 Å². The van der Waals surface area contributed by atoms with E-state index in [4.69, 9.17) is 16.1 Å². The lowest BCUT2D eigenvalue weighted by molar-refractivity contribution is 0.215. The summed E-state index contributed by atoms with van der Waals surface area (Å²) in [6.45, 7) is 4.31. The van der Waals surface area contributed by atoms with Crippen molar-refractivity contribution >= 4 is 44.6 Å². The van der Waals surface area contributed by atoms with Crippen molar-refractivity contribution in [2.24, 2.45) is 0 Å². The predicted molar refractivity (Wildman–Crippen MR) is 102 cm³/mol. The second kappa shape index (κ2) is 7.41. The number of piperazine rings is 1. The van der Waals surface area contributed by atoms with E-state index >= 15 is 0 Å². The van der Waals surface area contributed by atoms with Crippen molar-refractivity contribution < 1.29 is 4.52 Å². The van der Waals surface area contributed by atoms with Crippen LogP contribution in [0.25, 0.3) is 10.7 Å². The van der Waals surface area contributed by atoms with Gasteiger partial charge >= 0.3 is 0 Å². The second-order valence-electron chi connectivity index (χ2n) is 5.73. The Bertz CT molecular complexity index is 862. The lowest BCUT2D eigenvalue weighted by Crippen LogP contribution is -2.46. The molecule has 0 saturated carbocycles. The molecule has 1 saturated heterocycles. The lowest BCUT2D eigenvalue weighted by atomic mass is 10.2. The third-order valence-electron chi connectivity index (χ3n) is 4.08. The molecule has 1 aliphatic heterocycles. The molecule has 3 aromatic heterocycles. The molecule has 0 amide bonds. The molecular formula is C16H15BrClN5OS. The van der Waals surface area contributed by atoms with Crippen LogP contribution in [0, 0.1) is 0 Å². The van der Waals surface area contributed by atoms with Crippen molar-refractivity contribution in [3.63, 3.8) is 0 Å². The average molecular weight is 441 g/mol. The maximum absolute atomic E-state index is 6.23. The fourth-order valence-corrected chi connectivity index (χ4v) is 4.40. The van der Waals surface area contributed by atoms with Crippen molar-refractivity contribution in [3.8, 4) is 10.7 Å². The zero-order valence-electron chi connectivity index (χ0n) is 13.2. The number of rotatable bonds is 4. The minimum absolute atomic E-state index is 0.646. The summed E-state index contributed by atoms with van der Waals surface area (Å²) in [5.41, 5.74) is 1.04. The minimum atomic E-state index is 0.646. The molecule has 0 unspecified atom stereocenters. The number of anilines is 1. The smallest absolute Gasteiger partial charge is 0.241 e. The van der Waals surface area contributed by atoms with Gasteiger partial charge in [-0.15, -0.1) is 11.3 Å². The van der Waals surface area contributed by atoms with Crippen molar-refractivity contribution in [1.82, 2.24) is 20.0 Å². The van der Waals surface area contributed by atoms with Crippen LogP contribution in [0.3, 0.4) is 0 Å². The van der Waals surface area contributed by atoms with Gasteiger partial charge in [0.05, 0.1) is 22.1 Å². The minimum Gasteiger partial charge on any atom is -0.368 e. The van der Waals surface area contributed by atoms with Crippen LogP contribution in [0.4, 0.5) is 5.69 Å². The monoisotopic (exact) mass is 439 g/mol. The molecule has 25 heavy (non-hydrogen) atoms. The van der Waals surface area contributed by atoms with Crippen LogP contribution >= 0.6 is 38.9 Å². The van der Waals surface area contributed by atoms with Crippen LogP contribution in [0.1, 0.15) is 5.89 Å². The van der Waals surface area contributed by atoms with Gasteiger partial charge in [0, 0.05) is 48.4 Å². The van der Waals surface area contributed by atoms with Crippen LogP contribution in [0.15, 0.2) is 38.9 Å². The number of hydrogen-bond donors (Lipinski definition) is 0. The molecule has 4 heterocycles. The first-order chi connectivity index (χ1) is 12.2. The third kappa shape index (κ3) is 3.87. The summed E-state index contributed by atoms with van der Waals surface area (Å²) in [5, 5.41) is 6.78. The Morgan fingerprint density at radius 2 is 2.12 bits per heavy atom. The molecule has 1 fully saturated rings. The van der Waals surface area contributed by atoms with E-state index in [1.54, 1.807) is 23.7 Å². The zero-order chi connectivity index (χ0) is 17.2. The first-order valence-electron chi connectivity index (χ1n) is 7.83. The number of hydrogen-bond acceptors (Lipinski definition) is 7. The van der Waals surface area contributed by atoms with Gasteiger partial charge in [0.25, 0.3) is 0 Å². The van der Waals surface area contributed by atoms with Gasteiger partial charge in [-0.05, 0) is 28.1 Å². The number of nitrogens with zero attached hydrogens (tertiary/aromatic N) is 5. The van der Waals surface area contributed by atoms with Crippen LogP contribution in [0.2, 0.25) is 5.02 Å². The molecule has 0 bridgehead atoms. The highest BCUT2D eigenvalue weighted by atomic mass is 79.9. The Morgan fingerprint density at radius 1 is 1.28 bits per heavy atom. The van der Waals surface area contributed by atoms with Crippen LogP contribution in [-0.4, -0.2) is 46.2 Å². The van der Waals surface area contributed by atoms with E-state index in [2.05, 4.69) is 40.9 Å². The molecule has 0 atom stereocenters. The standard InChI is InChI=1S/C16H15BrClN5OS/c17-11-7-14(25-10-11)16-20-15(24-21-16)9-22-3-5-23(6-4-22)13-1-2-19-8-12(13)18/h1-2,7-8,10H,3-6,9H2. The molecule has 0 aliphatic carbocycles. The van der Waals surface area contributed by atoms with Gasteiger partial charge in [-0.2, -0.15) is 4.98 Å². The predicted octanol–water partition coefficient (Wildman–Crippen LogP) is 3.93. The highest BCUT2D eigenvalue weighted by Crippen LogP contribution is 2.28. The van der Waals surface area contributed by atoms with E-state index in [1.165, 1.54) is 0 Å². The highest BCUT2D eigenvalue weighted by molar-refractivity contribution is 9.10. The molecular weight excluding hydrogens is 426 g/mol. The topological polar surface area (TPSA) is 58.3 Å². The molecule has 6 nitrogen and oxygen atoms in total. The Kier molecular flexibility index (Phi) is 5.03. The van der Waals surface area contributed by atoms with Crippen molar-refractivity contribution in [2.75, 3.05) is 31.1 Å². The van der Waals surface area contributed by atoms with Crippen LogP contribution in [0.5, 0.6) is 0 Å². The Hall–Kier alpha value is -1.48. The fourth-order valence-electron chi connectivity index (χ4n) is 2.81. The fraction of sp³-hybridized carbons (Fsp3) is 0.312. The summed E-state index contributed by atoms with van der Waals surface area (Å²) in [6, 6.07) is 3.96. The molecule has 130 valence electrons. The van der Waals surface area contributed by atoms with E-state index in [-0.39, 0.29) is 0 Å². The average Bonchev–Trinajstić information content (AvgIpc) is 3.25. The first-order valence-corrected chi connectivity index (χ1v) is 9.88. The molecule has 3 aromatic rings. The second-order valence-corrected chi connectivity index (χ2v) is 7.97. The molecule has 4 rings (SSSR count). The summed E-state index contributed by atoms with van der Waals surface area (Å²) in [6.07, 6.45) is 3.46. The molecule has 9 heteroatoms. The van der Waals surface area contributed by atoms with E-state index in [1.807, 2.05) is 17.5 Å². The van der Waals surface area contributed by atoms with Crippen LogP contribution in [-0.2, 0) is 6.54 Å². The van der Waals surface area contributed by atoms with Gasteiger partial charge in [-0.25, -0.2) is 0 Å². The maximum atomic E-state index is 6.23. The number of aromatic nitrogens is 3. The van der Waals surface area contributed by atoms with Gasteiger partial charge in [0.1, 0.15) is 0 Å². The van der Waals surface area contributed by atoms with E-state index in [0.717, 1.165) is 41.2 Å². The van der Waals surface area contributed by atoms with E-state index in [0.29, 0.717) is 23.3 Å². The maximum Gasteiger partial charge on any atom is 0.241 e. The number of pyridine rings is 1. The molecule has 0 N–H and O–H groups in total. The highest BCUT2D eigenvalue weighted by Gasteiger charge is 2.21. The largest absolute Gasteiger partial charge is 0.368 e.